The molecule has 0 radical (unpaired) electrons. The van der Waals surface area contributed by atoms with E-state index in [4.69, 9.17) is 0 Å². The highest BCUT2D eigenvalue weighted by Gasteiger charge is 2.31. The summed E-state index contributed by atoms with van der Waals surface area (Å²) >= 11 is 1.46. The number of carbonyl (C=O) groups excluding carboxylic acids is 1. The van der Waals surface area contributed by atoms with Gasteiger partial charge in [-0.2, -0.15) is 0 Å². The van der Waals surface area contributed by atoms with Crippen LogP contribution in [0.3, 0.4) is 0 Å². The summed E-state index contributed by atoms with van der Waals surface area (Å²) in [6.07, 6.45) is 7.41. The van der Waals surface area contributed by atoms with Crippen LogP contribution in [0, 0.1) is 5.92 Å². The second kappa shape index (κ2) is 9.54. The van der Waals surface area contributed by atoms with E-state index < -0.39 is 0 Å². The summed E-state index contributed by atoms with van der Waals surface area (Å²) in [5.41, 5.74) is 3.99. The van der Waals surface area contributed by atoms with Gasteiger partial charge in [0.15, 0.2) is 0 Å². The molecule has 6 nitrogen and oxygen atoms in total. The summed E-state index contributed by atoms with van der Waals surface area (Å²) in [6.45, 7) is 2.81. The minimum absolute atomic E-state index is 0.0270. The van der Waals surface area contributed by atoms with Gasteiger partial charge in [-0.1, -0.05) is 18.2 Å². The molecule has 5 rings (SSSR count). The van der Waals surface area contributed by atoms with Crippen LogP contribution < -0.4 is 5.32 Å². The number of nitrogens with zero attached hydrogens (tertiary/aromatic N) is 4. The molecule has 0 saturated carbocycles. The number of aromatic nitrogens is 3. The molecule has 7 heteroatoms. The van der Waals surface area contributed by atoms with Crippen molar-refractivity contribution < 1.29 is 4.79 Å². The molecule has 0 unspecified atom stereocenters. The molecule has 1 saturated heterocycles. The van der Waals surface area contributed by atoms with Crippen molar-refractivity contribution in [1.82, 2.24) is 25.2 Å². The largest absolute Gasteiger partial charge is 0.343 e. The molecule has 1 fully saturated rings. The average Bonchev–Trinajstić information content (AvgIpc) is 3.38. The van der Waals surface area contributed by atoms with E-state index in [2.05, 4.69) is 37.3 Å². The van der Waals surface area contributed by atoms with Gasteiger partial charge in [0.2, 0.25) is 0 Å². The molecule has 1 aromatic carbocycles. The van der Waals surface area contributed by atoms with Crippen LogP contribution in [-0.4, -0.2) is 38.8 Å². The molecular weight excluding hydrogens is 418 g/mol. The average molecular weight is 444 g/mol. The Hall–Kier alpha value is -3.16. The second-order valence-electron chi connectivity index (χ2n) is 8.20. The molecule has 0 aliphatic carbocycles. The molecule has 1 aliphatic rings. The predicted molar refractivity (Wildman–Crippen MR) is 126 cm³/mol. The quantitative estimate of drug-likeness (QED) is 0.476. The van der Waals surface area contributed by atoms with Crippen molar-refractivity contribution in [3.05, 3.63) is 88.6 Å². The van der Waals surface area contributed by atoms with E-state index >= 15 is 0 Å². The van der Waals surface area contributed by atoms with Crippen molar-refractivity contribution in [3.8, 4) is 0 Å². The Morgan fingerprint density at radius 2 is 1.97 bits per heavy atom. The molecule has 0 spiro atoms. The second-order valence-corrected chi connectivity index (χ2v) is 9.15. The third-order valence-corrected chi connectivity index (χ3v) is 6.86. The van der Waals surface area contributed by atoms with Crippen LogP contribution in [0.1, 0.15) is 39.8 Å². The lowest BCUT2D eigenvalue weighted by atomic mass is 9.88. The topological polar surface area (TPSA) is 71.0 Å². The highest BCUT2D eigenvalue weighted by atomic mass is 32.1. The molecule has 32 heavy (non-hydrogen) atoms. The van der Waals surface area contributed by atoms with Crippen molar-refractivity contribution in [1.29, 1.82) is 0 Å². The van der Waals surface area contributed by atoms with Gasteiger partial charge in [0, 0.05) is 31.7 Å². The zero-order valence-corrected chi connectivity index (χ0v) is 18.5. The van der Waals surface area contributed by atoms with E-state index in [1.807, 2.05) is 41.8 Å². The van der Waals surface area contributed by atoms with Crippen LogP contribution in [0.25, 0.3) is 11.0 Å². The number of benzene rings is 1. The summed E-state index contributed by atoms with van der Waals surface area (Å²) in [5.74, 6) is 0.267. The molecule has 1 amide bonds. The molecule has 1 N–H and O–H groups in total. The Kier molecular flexibility index (Phi) is 6.18. The lowest BCUT2D eigenvalue weighted by molar-refractivity contribution is 0.0879. The number of piperidine rings is 1. The minimum atomic E-state index is -0.115. The first kappa shape index (κ1) is 20.7. The van der Waals surface area contributed by atoms with Crippen molar-refractivity contribution in [3.63, 3.8) is 0 Å². The number of thiophene rings is 1. The van der Waals surface area contributed by atoms with Crippen molar-refractivity contribution in [2.24, 2.45) is 5.92 Å². The number of amides is 1. The summed E-state index contributed by atoms with van der Waals surface area (Å²) in [4.78, 5) is 29.5. The summed E-state index contributed by atoms with van der Waals surface area (Å²) < 4.78 is 0. The van der Waals surface area contributed by atoms with Gasteiger partial charge in [-0.3, -0.25) is 24.6 Å². The monoisotopic (exact) mass is 443 g/mol. The van der Waals surface area contributed by atoms with Gasteiger partial charge in [0.25, 0.3) is 5.91 Å². The standard InChI is InChI=1S/C25H25N5OS/c31-25(23-7-4-14-32-23)29-24(21-6-1-2-10-26-21)19-5-3-13-30(17-19)16-18-8-9-20-22(15-18)28-12-11-27-20/h1-2,4,6-12,14-15,19,24H,3,5,13,16-17H2,(H,29,31)/t19-,24-/m1/s1. The van der Waals surface area contributed by atoms with Gasteiger partial charge in [-0.15, -0.1) is 11.3 Å². The van der Waals surface area contributed by atoms with Crippen LogP contribution in [-0.2, 0) is 6.54 Å². The molecular formula is C25H25N5OS. The van der Waals surface area contributed by atoms with Gasteiger partial charge in [-0.25, -0.2) is 0 Å². The molecule has 4 aromatic rings. The van der Waals surface area contributed by atoms with Gasteiger partial charge in [-0.05, 0) is 66.6 Å². The van der Waals surface area contributed by atoms with E-state index in [1.54, 1.807) is 18.6 Å². The summed E-state index contributed by atoms with van der Waals surface area (Å²) in [6, 6.07) is 15.9. The Balaban J connectivity index is 1.34. The fourth-order valence-corrected chi connectivity index (χ4v) is 5.11. The van der Waals surface area contributed by atoms with Gasteiger partial charge in [0.05, 0.1) is 27.6 Å². The number of fused-ring (bicyclic) bond motifs is 1. The number of rotatable bonds is 6. The molecule has 162 valence electrons. The van der Waals surface area contributed by atoms with E-state index in [-0.39, 0.29) is 11.9 Å². The Bertz CT molecular complexity index is 1180. The van der Waals surface area contributed by atoms with Gasteiger partial charge in [0.1, 0.15) is 0 Å². The van der Waals surface area contributed by atoms with Crippen molar-refractivity contribution in [2.45, 2.75) is 25.4 Å². The zero-order chi connectivity index (χ0) is 21.8. The van der Waals surface area contributed by atoms with Crippen LogP contribution in [0.5, 0.6) is 0 Å². The van der Waals surface area contributed by atoms with Crippen LogP contribution in [0.15, 0.2) is 72.5 Å². The molecule has 4 heterocycles. The van der Waals surface area contributed by atoms with E-state index in [0.717, 1.165) is 54.1 Å². The number of pyridine rings is 1. The Morgan fingerprint density at radius 3 is 2.78 bits per heavy atom. The third kappa shape index (κ3) is 4.69. The number of nitrogens with one attached hydrogen (secondary N) is 1. The van der Waals surface area contributed by atoms with E-state index in [1.165, 1.54) is 16.9 Å². The molecule has 2 atom stereocenters. The maximum Gasteiger partial charge on any atom is 0.261 e. The normalized spacial score (nSPS) is 17.8. The summed E-state index contributed by atoms with van der Waals surface area (Å²) in [7, 11) is 0. The SMILES string of the molecule is O=C(N[C@@H](c1ccccn1)[C@@H]1CCCN(Cc2ccc3nccnc3c2)C1)c1cccs1. The Morgan fingerprint density at radius 1 is 1.06 bits per heavy atom. The van der Waals surface area contributed by atoms with E-state index in [0.29, 0.717) is 5.92 Å². The van der Waals surface area contributed by atoms with Crippen LogP contribution >= 0.6 is 11.3 Å². The third-order valence-electron chi connectivity index (χ3n) is 5.99. The lowest BCUT2D eigenvalue weighted by Crippen LogP contribution is -2.42. The van der Waals surface area contributed by atoms with Gasteiger partial charge < -0.3 is 5.32 Å². The molecule has 1 aliphatic heterocycles. The molecule has 3 aromatic heterocycles. The first-order valence-electron chi connectivity index (χ1n) is 10.9. The number of hydrogen-bond donors (Lipinski definition) is 1. The van der Waals surface area contributed by atoms with Crippen molar-refractivity contribution >= 4 is 28.3 Å². The number of likely N-dealkylation sites (tertiary alicyclic amines) is 1. The fourth-order valence-electron chi connectivity index (χ4n) is 4.49. The highest BCUT2D eigenvalue weighted by Crippen LogP contribution is 2.30. The van der Waals surface area contributed by atoms with Crippen molar-refractivity contribution in [2.75, 3.05) is 13.1 Å². The fraction of sp³-hybridized carbons (Fsp3) is 0.280. The van der Waals surface area contributed by atoms with Crippen LogP contribution in [0.2, 0.25) is 0 Å². The Labute approximate surface area is 191 Å². The molecule has 0 bridgehead atoms. The van der Waals surface area contributed by atoms with E-state index in [9.17, 15) is 4.79 Å². The smallest absolute Gasteiger partial charge is 0.261 e. The maximum absolute atomic E-state index is 12.9. The highest BCUT2D eigenvalue weighted by molar-refractivity contribution is 7.12. The number of carbonyl (C=O) groups is 1. The summed E-state index contributed by atoms with van der Waals surface area (Å²) in [5, 5.41) is 5.21. The van der Waals surface area contributed by atoms with Crippen LogP contribution in [0.4, 0.5) is 0 Å². The zero-order valence-electron chi connectivity index (χ0n) is 17.7. The van der Waals surface area contributed by atoms with Gasteiger partial charge >= 0.3 is 0 Å². The minimum Gasteiger partial charge on any atom is -0.343 e. The lowest BCUT2D eigenvalue weighted by Gasteiger charge is -2.37. The first-order chi connectivity index (χ1) is 15.8. The first-order valence-corrected chi connectivity index (χ1v) is 11.8. The number of hydrogen-bond acceptors (Lipinski definition) is 6. The predicted octanol–water partition coefficient (Wildman–Crippen LogP) is 4.47. The maximum atomic E-state index is 12.9.